The standard InChI is InChI=1S/C9H8ClN5S/c1-15-3-2-12-7(15)5-13-9-14-8(10)6(4-11)16-9/h2-3H,5H2,1H3,(H,13,14). The minimum Gasteiger partial charge on any atom is -0.354 e. The molecule has 2 aromatic heterocycles. The minimum absolute atomic E-state index is 0.245. The normalized spacial score (nSPS) is 10.1. The lowest BCUT2D eigenvalue weighted by atomic mass is 10.6. The average Bonchev–Trinajstić information content (AvgIpc) is 2.82. The highest BCUT2D eigenvalue weighted by molar-refractivity contribution is 7.16. The second-order valence-electron chi connectivity index (χ2n) is 3.06. The molecule has 0 saturated heterocycles. The van der Waals surface area contributed by atoms with E-state index in [0.29, 0.717) is 16.6 Å². The van der Waals surface area contributed by atoms with Crippen LogP contribution in [-0.2, 0) is 13.6 Å². The minimum atomic E-state index is 0.245. The number of rotatable bonds is 3. The molecular weight excluding hydrogens is 246 g/mol. The van der Waals surface area contributed by atoms with Crippen LogP contribution in [0.3, 0.4) is 0 Å². The maximum Gasteiger partial charge on any atom is 0.185 e. The molecule has 1 N–H and O–H groups in total. The van der Waals surface area contributed by atoms with Gasteiger partial charge in [-0.25, -0.2) is 9.97 Å². The first-order valence-electron chi connectivity index (χ1n) is 4.47. The van der Waals surface area contributed by atoms with Crippen LogP contribution >= 0.6 is 22.9 Å². The van der Waals surface area contributed by atoms with Crippen LogP contribution in [-0.4, -0.2) is 14.5 Å². The predicted molar refractivity (Wildman–Crippen MR) is 62.4 cm³/mol. The molecule has 5 nitrogen and oxygen atoms in total. The molecule has 16 heavy (non-hydrogen) atoms. The number of anilines is 1. The van der Waals surface area contributed by atoms with Gasteiger partial charge in [0.05, 0.1) is 6.54 Å². The lowest BCUT2D eigenvalue weighted by Gasteiger charge is -2.01. The summed E-state index contributed by atoms with van der Waals surface area (Å²) in [6.07, 6.45) is 3.60. The molecular formula is C9H8ClN5S. The Morgan fingerprint density at radius 2 is 2.50 bits per heavy atom. The maximum atomic E-state index is 8.72. The van der Waals surface area contributed by atoms with Crippen LogP contribution < -0.4 is 5.32 Å². The van der Waals surface area contributed by atoms with Crippen molar-refractivity contribution in [2.45, 2.75) is 6.54 Å². The molecule has 2 heterocycles. The number of nitrogens with zero attached hydrogens (tertiary/aromatic N) is 4. The first-order chi connectivity index (χ1) is 7.70. The lowest BCUT2D eigenvalue weighted by Crippen LogP contribution is -2.05. The number of thiazole rings is 1. The molecule has 82 valence electrons. The molecule has 0 atom stereocenters. The second-order valence-corrected chi connectivity index (χ2v) is 4.42. The van der Waals surface area contributed by atoms with E-state index in [1.165, 1.54) is 11.3 Å². The number of aryl methyl sites for hydroxylation is 1. The van der Waals surface area contributed by atoms with Crippen molar-refractivity contribution >= 4 is 28.1 Å². The first-order valence-corrected chi connectivity index (χ1v) is 5.66. The van der Waals surface area contributed by atoms with Crippen molar-refractivity contribution in [2.75, 3.05) is 5.32 Å². The van der Waals surface area contributed by atoms with Gasteiger partial charge in [-0.3, -0.25) is 0 Å². The topological polar surface area (TPSA) is 66.5 Å². The zero-order chi connectivity index (χ0) is 11.5. The maximum absolute atomic E-state index is 8.72. The van der Waals surface area contributed by atoms with E-state index in [2.05, 4.69) is 15.3 Å². The predicted octanol–water partition coefficient (Wildman–Crippen LogP) is 2.01. The molecule has 0 aromatic carbocycles. The average molecular weight is 254 g/mol. The van der Waals surface area contributed by atoms with Gasteiger partial charge in [0.1, 0.15) is 16.8 Å². The first kappa shape index (κ1) is 10.9. The molecule has 0 unspecified atom stereocenters. The highest BCUT2D eigenvalue weighted by Gasteiger charge is 2.08. The number of imidazole rings is 1. The van der Waals surface area contributed by atoms with Gasteiger partial charge in [-0.2, -0.15) is 5.26 Å². The summed E-state index contributed by atoms with van der Waals surface area (Å²) < 4.78 is 1.91. The van der Waals surface area contributed by atoms with E-state index in [4.69, 9.17) is 16.9 Å². The Kier molecular flexibility index (Phi) is 3.08. The molecule has 0 radical (unpaired) electrons. The van der Waals surface area contributed by atoms with E-state index < -0.39 is 0 Å². The summed E-state index contributed by atoms with van der Waals surface area (Å²) in [7, 11) is 1.92. The van der Waals surface area contributed by atoms with Crippen LogP contribution in [0.5, 0.6) is 0 Å². The Hall–Kier alpha value is -1.58. The van der Waals surface area contributed by atoms with Crippen molar-refractivity contribution in [1.82, 2.24) is 14.5 Å². The molecule has 0 aliphatic carbocycles. The zero-order valence-corrected chi connectivity index (χ0v) is 10.0. The highest BCUT2D eigenvalue weighted by Crippen LogP contribution is 2.25. The van der Waals surface area contributed by atoms with Gasteiger partial charge in [-0.15, -0.1) is 0 Å². The van der Waals surface area contributed by atoms with Crippen molar-refractivity contribution < 1.29 is 0 Å². The summed E-state index contributed by atoms with van der Waals surface area (Å²) >= 11 is 6.99. The van der Waals surface area contributed by atoms with Gasteiger partial charge in [0.15, 0.2) is 10.3 Å². The summed E-state index contributed by atoms with van der Waals surface area (Å²) in [5.41, 5.74) is 0. The molecule has 2 rings (SSSR count). The molecule has 0 amide bonds. The van der Waals surface area contributed by atoms with Crippen molar-refractivity contribution in [3.8, 4) is 6.07 Å². The van der Waals surface area contributed by atoms with Crippen molar-refractivity contribution in [2.24, 2.45) is 7.05 Å². The van der Waals surface area contributed by atoms with Gasteiger partial charge < -0.3 is 9.88 Å². The number of aromatic nitrogens is 3. The monoisotopic (exact) mass is 253 g/mol. The fraction of sp³-hybridized carbons (Fsp3) is 0.222. The third-order valence-electron chi connectivity index (χ3n) is 2.01. The van der Waals surface area contributed by atoms with Crippen molar-refractivity contribution in [3.05, 3.63) is 28.2 Å². The molecule has 0 aliphatic heterocycles. The Bertz CT molecular complexity index is 538. The summed E-state index contributed by atoms with van der Waals surface area (Å²) in [4.78, 5) is 8.60. The number of nitrogens with one attached hydrogen (secondary N) is 1. The van der Waals surface area contributed by atoms with E-state index in [9.17, 15) is 0 Å². The van der Waals surface area contributed by atoms with Gasteiger partial charge in [0.25, 0.3) is 0 Å². The lowest BCUT2D eigenvalue weighted by molar-refractivity contribution is 0.812. The van der Waals surface area contributed by atoms with E-state index in [0.717, 1.165) is 5.82 Å². The van der Waals surface area contributed by atoms with Crippen LogP contribution in [0, 0.1) is 11.3 Å². The van der Waals surface area contributed by atoms with E-state index in [1.54, 1.807) is 6.20 Å². The molecule has 0 bridgehead atoms. The second kappa shape index (κ2) is 4.51. The van der Waals surface area contributed by atoms with Crippen LogP contribution in [0.15, 0.2) is 12.4 Å². The van der Waals surface area contributed by atoms with Gasteiger partial charge in [-0.1, -0.05) is 22.9 Å². The summed E-state index contributed by atoms with van der Waals surface area (Å²) in [5, 5.41) is 12.7. The van der Waals surface area contributed by atoms with Crippen LogP contribution in [0.25, 0.3) is 0 Å². The Morgan fingerprint density at radius 1 is 1.69 bits per heavy atom. The molecule has 0 aliphatic rings. The molecule has 7 heteroatoms. The third-order valence-corrected chi connectivity index (χ3v) is 3.31. The number of nitriles is 1. The third kappa shape index (κ3) is 2.15. The number of halogens is 1. The summed E-state index contributed by atoms with van der Waals surface area (Å²) in [6.45, 7) is 0.554. The quantitative estimate of drug-likeness (QED) is 0.909. The van der Waals surface area contributed by atoms with E-state index >= 15 is 0 Å². The van der Waals surface area contributed by atoms with Gasteiger partial charge in [0, 0.05) is 19.4 Å². The largest absolute Gasteiger partial charge is 0.354 e. The van der Waals surface area contributed by atoms with Gasteiger partial charge in [0.2, 0.25) is 0 Å². The molecule has 0 spiro atoms. The van der Waals surface area contributed by atoms with E-state index in [-0.39, 0.29) is 5.15 Å². The van der Waals surface area contributed by atoms with E-state index in [1.807, 2.05) is 23.9 Å². The van der Waals surface area contributed by atoms with Crippen LogP contribution in [0.1, 0.15) is 10.7 Å². The van der Waals surface area contributed by atoms with Crippen molar-refractivity contribution in [1.29, 1.82) is 5.26 Å². The number of hydrogen-bond donors (Lipinski definition) is 1. The Balaban J connectivity index is 2.06. The SMILES string of the molecule is Cn1ccnc1CNc1nc(Cl)c(C#N)s1. The van der Waals surface area contributed by atoms with Gasteiger partial charge >= 0.3 is 0 Å². The number of hydrogen-bond acceptors (Lipinski definition) is 5. The Labute approximate surface area is 101 Å². The fourth-order valence-electron chi connectivity index (χ4n) is 1.17. The molecule has 0 saturated carbocycles. The highest BCUT2D eigenvalue weighted by atomic mass is 35.5. The molecule has 2 aromatic rings. The summed E-state index contributed by atoms with van der Waals surface area (Å²) in [5.74, 6) is 0.893. The smallest absolute Gasteiger partial charge is 0.185 e. The van der Waals surface area contributed by atoms with Crippen LogP contribution in [0.4, 0.5) is 5.13 Å². The Morgan fingerprint density at radius 3 is 3.06 bits per heavy atom. The summed E-state index contributed by atoms with van der Waals surface area (Å²) in [6, 6.07) is 1.98. The van der Waals surface area contributed by atoms with Gasteiger partial charge in [-0.05, 0) is 0 Å². The van der Waals surface area contributed by atoms with Crippen LogP contribution in [0.2, 0.25) is 5.15 Å². The fourth-order valence-corrected chi connectivity index (χ4v) is 2.11. The molecule has 0 fully saturated rings. The zero-order valence-electron chi connectivity index (χ0n) is 8.44. The van der Waals surface area contributed by atoms with Crippen molar-refractivity contribution in [3.63, 3.8) is 0 Å².